The van der Waals surface area contributed by atoms with E-state index in [9.17, 15) is 0 Å². The van der Waals surface area contributed by atoms with Crippen molar-refractivity contribution in [1.82, 2.24) is 4.90 Å². The van der Waals surface area contributed by atoms with Gasteiger partial charge >= 0.3 is 0 Å². The molecular formula is C27H31NOS3. The molecule has 2 nitrogen and oxygen atoms in total. The van der Waals surface area contributed by atoms with Gasteiger partial charge in [0.15, 0.2) is 0 Å². The molecule has 1 aromatic carbocycles. The van der Waals surface area contributed by atoms with Crippen molar-refractivity contribution in [3.05, 3.63) is 75.1 Å². The molecule has 2 heterocycles. The van der Waals surface area contributed by atoms with Gasteiger partial charge in [-0.3, -0.25) is 4.90 Å². The van der Waals surface area contributed by atoms with Crippen molar-refractivity contribution in [2.75, 3.05) is 20.2 Å². The van der Waals surface area contributed by atoms with Crippen LogP contribution in [0.25, 0.3) is 11.1 Å². The molecule has 0 aliphatic heterocycles. The van der Waals surface area contributed by atoms with Gasteiger partial charge in [-0.25, -0.2) is 0 Å². The zero-order valence-corrected chi connectivity index (χ0v) is 21.7. The maximum absolute atomic E-state index is 5.32. The fraction of sp³-hybridized carbons (Fsp3) is 0.333. The van der Waals surface area contributed by atoms with Crippen LogP contribution in [0.2, 0.25) is 0 Å². The highest BCUT2D eigenvalue weighted by molar-refractivity contribution is 7.98. The van der Waals surface area contributed by atoms with Gasteiger partial charge in [-0.15, -0.1) is 23.1 Å². The number of allylic oxidation sites excluding steroid dienone is 1. The van der Waals surface area contributed by atoms with Crippen molar-refractivity contribution >= 4 is 34.4 Å². The lowest BCUT2D eigenvalue weighted by Gasteiger charge is -2.18. The minimum absolute atomic E-state index is 0.401. The number of methoxy groups -OCH3 is 1. The maximum Gasteiger partial charge on any atom is 0.123 e. The average Bonchev–Trinajstić information content (AvgIpc) is 3.49. The van der Waals surface area contributed by atoms with E-state index in [2.05, 4.69) is 82.3 Å². The first-order valence-electron chi connectivity index (χ1n) is 10.8. The summed E-state index contributed by atoms with van der Waals surface area (Å²) in [6.45, 7) is 8.97. The molecule has 0 unspecified atom stereocenters. The van der Waals surface area contributed by atoms with Gasteiger partial charge in [-0.2, -0.15) is 11.3 Å². The number of likely N-dealkylation sites (N-methyl/N-ethyl adjacent to an activating group) is 1. The lowest BCUT2D eigenvalue weighted by molar-refractivity contribution is 0.0742. The first-order valence-corrected chi connectivity index (χ1v) is 13.6. The summed E-state index contributed by atoms with van der Waals surface area (Å²) >= 11 is 5.51. The van der Waals surface area contributed by atoms with E-state index in [0.29, 0.717) is 0 Å². The zero-order chi connectivity index (χ0) is 22.8. The fourth-order valence-corrected chi connectivity index (χ4v) is 5.61. The Morgan fingerprint density at radius 1 is 1.16 bits per heavy atom. The number of benzene rings is 1. The highest BCUT2D eigenvalue weighted by atomic mass is 32.2. The number of nitrogens with zero attached hydrogens (tertiary/aromatic N) is 1. The van der Waals surface area contributed by atoms with E-state index in [1.54, 1.807) is 18.4 Å². The molecule has 32 heavy (non-hydrogen) atoms. The summed E-state index contributed by atoms with van der Waals surface area (Å²) in [5.74, 6) is 7.21. The fourth-order valence-electron chi connectivity index (χ4n) is 3.02. The molecule has 0 saturated carbocycles. The zero-order valence-electron chi connectivity index (χ0n) is 19.3. The third-order valence-electron chi connectivity index (χ3n) is 5.09. The van der Waals surface area contributed by atoms with E-state index in [4.69, 9.17) is 4.74 Å². The Bertz CT molecular complexity index is 1050. The molecule has 2 aromatic heterocycles. The minimum Gasteiger partial charge on any atom is -0.366 e. The molecule has 168 valence electrons. The van der Waals surface area contributed by atoms with Gasteiger partial charge in [0.05, 0.1) is 0 Å². The topological polar surface area (TPSA) is 12.5 Å². The van der Waals surface area contributed by atoms with Crippen LogP contribution in [-0.2, 0) is 17.0 Å². The van der Waals surface area contributed by atoms with Gasteiger partial charge in [-0.1, -0.05) is 37.0 Å². The van der Waals surface area contributed by atoms with Crippen molar-refractivity contribution < 1.29 is 4.74 Å². The number of ether oxygens (including phenoxy) is 1. The van der Waals surface area contributed by atoms with E-state index in [1.807, 2.05) is 43.0 Å². The van der Waals surface area contributed by atoms with Crippen molar-refractivity contribution in [2.24, 2.45) is 0 Å². The second-order valence-corrected chi connectivity index (χ2v) is 10.8. The molecule has 0 radical (unpaired) electrons. The predicted octanol–water partition coefficient (Wildman–Crippen LogP) is 7.58. The largest absolute Gasteiger partial charge is 0.366 e. The third kappa shape index (κ3) is 7.95. The number of thioether (sulfide) groups is 1. The molecule has 0 saturated heterocycles. The number of thiophene rings is 2. The summed E-state index contributed by atoms with van der Waals surface area (Å²) in [7, 11) is 1.69. The highest BCUT2D eigenvalue weighted by Crippen LogP contribution is 2.31. The number of hydrogen-bond donors (Lipinski definition) is 0. The van der Waals surface area contributed by atoms with Crippen LogP contribution in [0.5, 0.6) is 0 Å². The highest BCUT2D eigenvalue weighted by Gasteiger charge is 2.10. The van der Waals surface area contributed by atoms with Crippen molar-refractivity contribution in [1.29, 1.82) is 0 Å². The lowest BCUT2D eigenvalue weighted by atomic mass is 10.1. The molecular weight excluding hydrogens is 451 g/mol. The Hall–Kier alpha value is -1.81. The monoisotopic (exact) mass is 481 g/mol. The second-order valence-electron chi connectivity index (χ2n) is 7.96. The summed E-state index contributed by atoms with van der Waals surface area (Å²) in [6.07, 6.45) is 4.06. The van der Waals surface area contributed by atoms with Crippen LogP contribution in [0.4, 0.5) is 0 Å². The number of hydrogen-bond acceptors (Lipinski definition) is 5. The van der Waals surface area contributed by atoms with Gasteiger partial charge < -0.3 is 4.74 Å². The molecule has 0 amide bonds. The van der Waals surface area contributed by atoms with Crippen LogP contribution in [0.1, 0.15) is 31.2 Å². The lowest BCUT2D eigenvalue weighted by Crippen LogP contribution is -2.22. The minimum atomic E-state index is -0.401. The third-order valence-corrected chi connectivity index (χ3v) is 7.93. The second kappa shape index (κ2) is 12.4. The Kier molecular flexibility index (Phi) is 9.65. The van der Waals surface area contributed by atoms with E-state index in [0.717, 1.165) is 25.4 Å². The maximum atomic E-state index is 5.32. The quantitative estimate of drug-likeness (QED) is 0.219. The summed E-state index contributed by atoms with van der Waals surface area (Å²) in [6, 6.07) is 13.4. The Morgan fingerprint density at radius 3 is 2.78 bits per heavy atom. The van der Waals surface area contributed by atoms with E-state index in [-0.39, 0.29) is 0 Å². The summed E-state index contributed by atoms with van der Waals surface area (Å²) < 4.78 is 5.32. The van der Waals surface area contributed by atoms with Gasteiger partial charge in [0.25, 0.3) is 0 Å². The van der Waals surface area contributed by atoms with Gasteiger partial charge in [0.1, 0.15) is 5.60 Å². The summed E-state index contributed by atoms with van der Waals surface area (Å²) in [4.78, 5) is 5.16. The Balaban J connectivity index is 1.52. The SMILES string of the molecule is CCN(CC=CC#CC(C)(C)OC)Cc1cccc(SCc2cc(-c3ccsc3)cs2)c1. The van der Waals surface area contributed by atoms with Crippen molar-refractivity contribution in [2.45, 2.75) is 43.6 Å². The van der Waals surface area contributed by atoms with Crippen LogP contribution in [0.15, 0.2) is 69.6 Å². The standard InChI is InChI=1S/C27H31NOS3/c1-5-28(14-8-6-7-13-27(2,3)29-4)18-22-10-9-11-25(16-22)32-21-26-17-24(20-31-26)23-12-15-30-19-23/h6,8-12,15-17,19-20H,5,14,18,21H2,1-4H3. The van der Waals surface area contributed by atoms with Crippen LogP contribution < -0.4 is 0 Å². The van der Waals surface area contributed by atoms with Crippen LogP contribution in [-0.4, -0.2) is 30.7 Å². The van der Waals surface area contributed by atoms with E-state index in [1.165, 1.54) is 26.5 Å². The van der Waals surface area contributed by atoms with Gasteiger partial charge in [-0.05, 0) is 83.6 Å². The molecule has 3 aromatic rings. The van der Waals surface area contributed by atoms with Crippen LogP contribution >= 0.6 is 34.4 Å². The Morgan fingerprint density at radius 2 is 2.03 bits per heavy atom. The smallest absolute Gasteiger partial charge is 0.123 e. The molecule has 5 heteroatoms. The average molecular weight is 482 g/mol. The van der Waals surface area contributed by atoms with E-state index < -0.39 is 5.60 Å². The van der Waals surface area contributed by atoms with E-state index >= 15 is 0 Å². The van der Waals surface area contributed by atoms with Gasteiger partial charge in [0, 0.05) is 35.7 Å². The molecule has 0 aliphatic rings. The molecule has 0 N–H and O–H groups in total. The molecule has 0 fully saturated rings. The molecule has 0 aliphatic carbocycles. The normalized spacial score (nSPS) is 11.8. The first-order chi connectivity index (χ1) is 15.5. The van der Waals surface area contributed by atoms with Crippen LogP contribution in [0, 0.1) is 11.8 Å². The van der Waals surface area contributed by atoms with Gasteiger partial charge in [0.2, 0.25) is 0 Å². The van der Waals surface area contributed by atoms with Crippen molar-refractivity contribution in [3.8, 4) is 23.0 Å². The molecule has 0 bridgehead atoms. The molecule has 0 spiro atoms. The van der Waals surface area contributed by atoms with Crippen molar-refractivity contribution in [3.63, 3.8) is 0 Å². The summed E-state index contributed by atoms with van der Waals surface area (Å²) in [5.41, 5.74) is 3.61. The Labute approximate surface area is 205 Å². The summed E-state index contributed by atoms with van der Waals surface area (Å²) in [5, 5.41) is 6.61. The van der Waals surface area contributed by atoms with Crippen LogP contribution in [0.3, 0.4) is 0 Å². The number of rotatable bonds is 10. The molecule has 3 rings (SSSR count). The molecule has 0 atom stereocenters. The first kappa shape index (κ1) is 24.8. The predicted molar refractivity (Wildman–Crippen MR) is 143 cm³/mol.